The molecule has 0 aliphatic rings. The van der Waals surface area contributed by atoms with E-state index in [4.69, 9.17) is 0 Å². The number of para-hydroxylation sites is 2. The van der Waals surface area contributed by atoms with Crippen molar-refractivity contribution >= 4 is 23.2 Å². The maximum Gasteiger partial charge on any atom is 0.418 e. The molecule has 0 atom stereocenters. The first kappa shape index (κ1) is 21.3. The average molecular weight is 393 g/mol. The molecule has 0 heterocycles. The lowest BCUT2D eigenvalue weighted by atomic mass is 10.1. The van der Waals surface area contributed by atoms with Gasteiger partial charge in [-0.1, -0.05) is 30.3 Å². The van der Waals surface area contributed by atoms with Crippen LogP contribution in [-0.4, -0.2) is 43.4 Å². The molecule has 2 aromatic carbocycles. The van der Waals surface area contributed by atoms with Gasteiger partial charge >= 0.3 is 6.18 Å². The molecule has 0 aromatic heterocycles. The van der Waals surface area contributed by atoms with E-state index in [2.05, 4.69) is 5.32 Å². The minimum atomic E-state index is -4.58. The molecule has 150 valence electrons. The average Bonchev–Trinajstić information content (AvgIpc) is 2.66. The van der Waals surface area contributed by atoms with E-state index in [1.807, 2.05) is 30.3 Å². The van der Waals surface area contributed by atoms with Crippen LogP contribution in [0.1, 0.15) is 12.5 Å². The van der Waals surface area contributed by atoms with Crippen molar-refractivity contribution in [3.05, 3.63) is 60.2 Å². The Morgan fingerprint density at radius 3 is 2.18 bits per heavy atom. The van der Waals surface area contributed by atoms with Gasteiger partial charge in [-0.3, -0.25) is 9.59 Å². The summed E-state index contributed by atoms with van der Waals surface area (Å²) in [4.78, 5) is 27.8. The van der Waals surface area contributed by atoms with Gasteiger partial charge in [-0.25, -0.2) is 0 Å². The normalized spacial score (nSPS) is 11.0. The number of carbonyl (C=O) groups excluding carboxylic acids is 2. The third-order valence-corrected chi connectivity index (χ3v) is 4.14. The molecule has 2 rings (SSSR count). The van der Waals surface area contributed by atoms with Crippen molar-refractivity contribution in [3.8, 4) is 0 Å². The second kappa shape index (κ2) is 9.25. The fraction of sp³-hybridized carbons (Fsp3) is 0.300. The van der Waals surface area contributed by atoms with Crippen LogP contribution in [0, 0.1) is 0 Å². The van der Waals surface area contributed by atoms with E-state index in [-0.39, 0.29) is 31.2 Å². The Hall–Kier alpha value is -3.03. The minimum Gasteiger partial charge on any atom is -0.365 e. The standard InChI is InChI=1S/C20H22F3N3O2/c1-3-26(19(28)14-25(2)15-9-5-4-6-10-15)13-18(27)24-17-12-8-7-11-16(17)20(21,22)23/h4-12H,3,13-14H2,1-2H3,(H,24,27). The number of alkyl halides is 3. The third-order valence-electron chi connectivity index (χ3n) is 4.14. The fourth-order valence-corrected chi connectivity index (χ4v) is 2.66. The van der Waals surface area contributed by atoms with E-state index < -0.39 is 17.6 Å². The number of rotatable bonds is 7. The van der Waals surface area contributed by atoms with Crippen LogP contribution >= 0.6 is 0 Å². The largest absolute Gasteiger partial charge is 0.418 e. The Kier molecular flexibility index (Phi) is 7.03. The van der Waals surface area contributed by atoms with Gasteiger partial charge in [0.05, 0.1) is 24.3 Å². The summed E-state index contributed by atoms with van der Waals surface area (Å²) in [5.41, 5.74) is -0.415. The van der Waals surface area contributed by atoms with E-state index in [9.17, 15) is 22.8 Å². The van der Waals surface area contributed by atoms with Crippen molar-refractivity contribution < 1.29 is 22.8 Å². The first-order valence-electron chi connectivity index (χ1n) is 8.72. The molecular weight excluding hydrogens is 371 g/mol. The van der Waals surface area contributed by atoms with Crippen LogP contribution < -0.4 is 10.2 Å². The van der Waals surface area contributed by atoms with Gasteiger partial charge in [-0.05, 0) is 31.2 Å². The SMILES string of the molecule is CCN(CC(=O)Nc1ccccc1C(F)(F)F)C(=O)CN(C)c1ccccc1. The van der Waals surface area contributed by atoms with Gasteiger partial charge in [0.1, 0.15) is 0 Å². The second-order valence-corrected chi connectivity index (χ2v) is 6.19. The van der Waals surface area contributed by atoms with Gasteiger partial charge in [0.15, 0.2) is 0 Å². The second-order valence-electron chi connectivity index (χ2n) is 6.19. The zero-order chi connectivity index (χ0) is 20.7. The summed E-state index contributed by atoms with van der Waals surface area (Å²) < 4.78 is 39.1. The molecule has 2 amide bonds. The summed E-state index contributed by atoms with van der Waals surface area (Å²) in [6.07, 6.45) is -4.58. The highest BCUT2D eigenvalue weighted by Crippen LogP contribution is 2.34. The molecule has 0 bridgehead atoms. The Morgan fingerprint density at radius 1 is 0.964 bits per heavy atom. The van der Waals surface area contributed by atoms with Crippen LogP contribution in [-0.2, 0) is 15.8 Å². The minimum absolute atomic E-state index is 0.0459. The number of benzene rings is 2. The zero-order valence-electron chi connectivity index (χ0n) is 15.7. The van der Waals surface area contributed by atoms with E-state index in [0.29, 0.717) is 0 Å². The molecule has 0 radical (unpaired) electrons. The third kappa shape index (κ3) is 5.73. The predicted molar refractivity (Wildman–Crippen MR) is 102 cm³/mol. The quantitative estimate of drug-likeness (QED) is 0.782. The van der Waals surface area contributed by atoms with Crippen molar-refractivity contribution in [2.75, 3.05) is 36.9 Å². The molecule has 1 N–H and O–H groups in total. The van der Waals surface area contributed by atoms with E-state index >= 15 is 0 Å². The summed E-state index contributed by atoms with van der Waals surface area (Å²) in [7, 11) is 1.75. The Labute approximate surface area is 161 Å². The molecule has 2 aromatic rings. The number of nitrogens with one attached hydrogen (secondary N) is 1. The number of anilines is 2. The lowest BCUT2D eigenvalue weighted by Gasteiger charge is -2.25. The number of hydrogen-bond acceptors (Lipinski definition) is 3. The molecule has 0 saturated heterocycles. The highest BCUT2D eigenvalue weighted by Gasteiger charge is 2.33. The topological polar surface area (TPSA) is 52.7 Å². The van der Waals surface area contributed by atoms with Crippen LogP contribution in [0.3, 0.4) is 0 Å². The van der Waals surface area contributed by atoms with Crippen molar-refractivity contribution in [1.82, 2.24) is 4.90 Å². The van der Waals surface area contributed by atoms with E-state index in [1.165, 1.54) is 23.1 Å². The van der Waals surface area contributed by atoms with Crippen LogP contribution in [0.2, 0.25) is 0 Å². The van der Waals surface area contributed by atoms with Crippen molar-refractivity contribution in [1.29, 1.82) is 0 Å². The van der Waals surface area contributed by atoms with Gasteiger partial charge in [0, 0.05) is 19.3 Å². The zero-order valence-corrected chi connectivity index (χ0v) is 15.7. The van der Waals surface area contributed by atoms with E-state index in [1.54, 1.807) is 18.9 Å². The van der Waals surface area contributed by atoms with Crippen LogP contribution in [0.4, 0.5) is 24.5 Å². The number of likely N-dealkylation sites (N-methyl/N-ethyl adjacent to an activating group) is 2. The molecule has 0 unspecified atom stereocenters. The summed E-state index contributed by atoms with van der Waals surface area (Å²) in [6.45, 7) is 1.68. The van der Waals surface area contributed by atoms with Gasteiger partial charge in [-0.2, -0.15) is 13.2 Å². The lowest BCUT2D eigenvalue weighted by molar-refractivity contribution is -0.137. The molecule has 0 saturated carbocycles. The Morgan fingerprint density at radius 2 is 1.57 bits per heavy atom. The Balaban J connectivity index is 2.01. The number of carbonyl (C=O) groups is 2. The summed E-state index contributed by atoms with van der Waals surface area (Å²) in [6, 6.07) is 14.0. The molecule has 28 heavy (non-hydrogen) atoms. The maximum absolute atomic E-state index is 13.0. The van der Waals surface area contributed by atoms with Crippen LogP contribution in [0.15, 0.2) is 54.6 Å². The van der Waals surface area contributed by atoms with Crippen LogP contribution in [0.5, 0.6) is 0 Å². The molecule has 5 nitrogen and oxygen atoms in total. The van der Waals surface area contributed by atoms with Crippen molar-refractivity contribution in [2.24, 2.45) is 0 Å². The highest BCUT2D eigenvalue weighted by molar-refractivity contribution is 5.95. The summed E-state index contributed by atoms with van der Waals surface area (Å²) in [5, 5.41) is 2.26. The number of amides is 2. The molecule has 0 aliphatic heterocycles. The molecule has 0 fully saturated rings. The first-order chi connectivity index (χ1) is 13.2. The van der Waals surface area contributed by atoms with Gasteiger partial charge in [0.2, 0.25) is 11.8 Å². The maximum atomic E-state index is 13.0. The monoisotopic (exact) mass is 393 g/mol. The van der Waals surface area contributed by atoms with Crippen molar-refractivity contribution in [3.63, 3.8) is 0 Å². The fourth-order valence-electron chi connectivity index (χ4n) is 2.66. The molecule has 0 spiro atoms. The van der Waals surface area contributed by atoms with Crippen LogP contribution in [0.25, 0.3) is 0 Å². The van der Waals surface area contributed by atoms with Gasteiger partial charge in [-0.15, -0.1) is 0 Å². The summed E-state index contributed by atoms with van der Waals surface area (Å²) >= 11 is 0. The number of halogens is 3. The number of nitrogens with zero attached hydrogens (tertiary/aromatic N) is 2. The van der Waals surface area contributed by atoms with E-state index in [0.717, 1.165) is 11.8 Å². The van der Waals surface area contributed by atoms with Crippen molar-refractivity contribution in [2.45, 2.75) is 13.1 Å². The molecular formula is C20H22F3N3O2. The smallest absolute Gasteiger partial charge is 0.365 e. The lowest BCUT2D eigenvalue weighted by Crippen LogP contribution is -2.43. The molecule has 0 aliphatic carbocycles. The molecule has 8 heteroatoms. The summed E-state index contributed by atoms with van der Waals surface area (Å²) in [5.74, 6) is -0.984. The highest BCUT2D eigenvalue weighted by atomic mass is 19.4. The first-order valence-corrected chi connectivity index (χ1v) is 8.72. The van der Waals surface area contributed by atoms with Gasteiger partial charge in [0.25, 0.3) is 0 Å². The predicted octanol–water partition coefficient (Wildman–Crippen LogP) is 3.63. The number of hydrogen-bond donors (Lipinski definition) is 1. The van der Waals surface area contributed by atoms with Gasteiger partial charge < -0.3 is 15.1 Å². The Bertz CT molecular complexity index is 810.